The van der Waals surface area contributed by atoms with Crippen molar-refractivity contribution in [2.45, 2.75) is 18.4 Å². The Hall–Kier alpha value is -2.97. The van der Waals surface area contributed by atoms with Crippen LogP contribution in [0.2, 0.25) is 0 Å². The molecule has 0 spiro atoms. The first-order valence-electron chi connectivity index (χ1n) is 8.32. The van der Waals surface area contributed by atoms with E-state index in [9.17, 15) is 13.2 Å². The first kappa shape index (κ1) is 18.8. The number of hydrogen-bond donors (Lipinski definition) is 2. The molecule has 1 heterocycles. The number of aryl methyl sites for hydroxylation is 1. The van der Waals surface area contributed by atoms with Crippen molar-refractivity contribution in [3.63, 3.8) is 0 Å². The van der Waals surface area contributed by atoms with Crippen LogP contribution in [0.5, 0.6) is 0 Å². The first-order chi connectivity index (χ1) is 12.9. The Labute approximate surface area is 158 Å². The van der Waals surface area contributed by atoms with Gasteiger partial charge in [0.05, 0.1) is 17.1 Å². The second-order valence-electron chi connectivity index (χ2n) is 6.00. The smallest absolute Gasteiger partial charge is 0.256 e. The fourth-order valence-corrected chi connectivity index (χ4v) is 3.34. The average Bonchev–Trinajstić information content (AvgIpc) is 3.01. The quantitative estimate of drug-likeness (QED) is 0.682. The third-order valence-electron chi connectivity index (χ3n) is 4.01. The molecule has 0 bridgehead atoms. The lowest BCUT2D eigenvalue weighted by Crippen LogP contribution is -2.19. The molecule has 0 saturated heterocycles. The van der Waals surface area contributed by atoms with Gasteiger partial charge in [-0.05, 0) is 43.8 Å². The van der Waals surface area contributed by atoms with Gasteiger partial charge in [-0.1, -0.05) is 30.3 Å². The predicted molar refractivity (Wildman–Crippen MR) is 103 cm³/mol. The monoisotopic (exact) mass is 384 g/mol. The van der Waals surface area contributed by atoms with Gasteiger partial charge in [-0.3, -0.25) is 4.79 Å². The first-order valence-corrected chi connectivity index (χ1v) is 9.81. The van der Waals surface area contributed by atoms with Crippen LogP contribution >= 0.6 is 0 Å². The van der Waals surface area contributed by atoms with Crippen LogP contribution in [0.4, 0.5) is 5.82 Å². The zero-order valence-electron chi connectivity index (χ0n) is 15.0. The second-order valence-corrected chi connectivity index (χ2v) is 7.89. The van der Waals surface area contributed by atoms with Crippen LogP contribution in [0.25, 0.3) is 0 Å². The second kappa shape index (κ2) is 7.73. The standard InChI is InChI=1S/C19H20N4O3S/c1-14-12-18(23(22-14)13-15-6-4-3-5-7-15)21-19(24)16-8-10-17(11-9-16)27(25,26)20-2/h3-12,20H,13H2,1-2H3,(H,21,24). The van der Waals surface area contributed by atoms with Crippen molar-refractivity contribution in [3.8, 4) is 0 Å². The van der Waals surface area contributed by atoms with E-state index in [-0.39, 0.29) is 10.8 Å². The van der Waals surface area contributed by atoms with E-state index >= 15 is 0 Å². The van der Waals surface area contributed by atoms with Crippen molar-refractivity contribution < 1.29 is 13.2 Å². The summed E-state index contributed by atoms with van der Waals surface area (Å²) in [5, 5.41) is 7.26. The maximum atomic E-state index is 12.5. The minimum absolute atomic E-state index is 0.103. The minimum Gasteiger partial charge on any atom is -0.307 e. The van der Waals surface area contributed by atoms with Gasteiger partial charge in [-0.2, -0.15) is 5.10 Å². The van der Waals surface area contributed by atoms with Gasteiger partial charge < -0.3 is 5.32 Å². The van der Waals surface area contributed by atoms with Crippen LogP contribution in [0.1, 0.15) is 21.6 Å². The zero-order chi connectivity index (χ0) is 19.4. The summed E-state index contributed by atoms with van der Waals surface area (Å²) in [6.45, 7) is 2.39. The topological polar surface area (TPSA) is 93.1 Å². The van der Waals surface area contributed by atoms with E-state index in [4.69, 9.17) is 0 Å². The molecule has 0 unspecified atom stereocenters. The number of hydrogen-bond acceptors (Lipinski definition) is 4. The van der Waals surface area contributed by atoms with E-state index in [1.54, 1.807) is 10.7 Å². The van der Waals surface area contributed by atoms with Gasteiger partial charge in [-0.15, -0.1) is 0 Å². The summed E-state index contributed by atoms with van der Waals surface area (Å²) in [7, 11) is -2.19. The molecule has 2 N–H and O–H groups in total. The molecule has 1 amide bonds. The molecule has 8 heteroatoms. The summed E-state index contributed by atoms with van der Waals surface area (Å²) in [6, 6.07) is 17.4. The number of sulfonamides is 1. The van der Waals surface area contributed by atoms with Crippen LogP contribution in [0, 0.1) is 6.92 Å². The van der Waals surface area contributed by atoms with Gasteiger partial charge in [0.1, 0.15) is 5.82 Å². The van der Waals surface area contributed by atoms with E-state index in [1.807, 2.05) is 37.3 Å². The molecule has 27 heavy (non-hydrogen) atoms. The van der Waals surface area contributed by atoms with Crippen molar-refractivity contribution >= 4 is 21.7 Å². The average molecular weight is 384 g/mol. The normalized spacial score (nSPS) is 11.3. The molecule has 3 rings (SSSR count). The van der Waals surface area contributed by atoms with E-state index in [2.05, 4.69) is 15.1 Å². The van der Waals surface area contributed by atoms with Crippen LogP contribution < -0.4 is 10.0 Å². The van der Waals surface area contributed by atoms with Gasteiger partial charge in [0, 0.05) is 11.6 Å². The lowest BCUT2D eigenvalue weighted by Gasteiger charge is -2.10. The third kappa shape index (κ3) is 4.42. The molecule has 1 aromatic heterocycles. The molecule has 0 radical (unpaired) electrons. The van der Waals surface area contributed by atoms with Gasteiger partial charge in [0.2, 0.25) is 10.0 Å². The van der Waals surface area contributed by atoms with Crippen LogP contribution in [-0.2, 0) is 16.6 Å². The minimum atomic E-state index is -3.53. The Morgan fingerprint density at radius 2 is 1.74 bits per heavy atom. The molecule has 0 aliphatic heterocycles. The highest BCUT2D eigenvalue weighted by Gasteiger charge is 2.14. The fourth-order valence-electron chi connectivity index (χ4n) is 2.61. The molecule has 0 saturated carbocycles. The number of benzene rings is 2. The fraction of sp³-hybridized carbons (Fsp3) is 0.158. The molecular formula is C19H20N4O3S. The number of aromatic nitrogens is 2. The maximum absolute atomic E-state index is 12.5. The Balaban J connectivity index is 1.78. The highest BCUT2D eigenvalue weighted by Crippen LogP contribution is 2.16. The van der Waals surface area contributed by atoms with Gasteiger partial charge in [0.15, 0.2) is 0 Å². The molecule has 0 atom stereocenters. The third-order valence-corrected chi connectivity index (χ3v) is 5.44. The number of rotatable bonds is 6. The number of carbonyl (C=O) groups excluding carboxylic acids is 1. The summed E-state index contributed by atoms with van der Waals surface area (Å²) < 4.78 is 27.5. The Kier molecular flexibility index (Phi) is 5.38. The number of anilines is 1. The van der Waals surface area contributed by atoms with E-state index in [0.29, 0.717) is 17.9 Å². The van der Waals surface area contributed by atoms with Gasteiger partial charge >= 0.3 is 0 Å². The van der Waals surface area contributed by atoms with Crippen LogP contribution in [-0.4, -0.2) is 31.2 Å². The lowest BCUT2D eigenvalue weighted by molar-refractivity contribution is 0.102. The predicted octanol–water partition coefficient (Wildman–Crippen LogP) is 2.40. The lowest BCUT2D eigenvalue weighted by atomic mass is 10.2. The van der Waals surface area contributed by atoms with Crippen molar-refractivity contribution in [3.05, 3.63) is 77.5 Å². The highest BCUT2D eigenvalue weighted by atomic mass is 32.2. The summed E-state index contributed by atoms with van der Waals surface area (Å²) >= 11 is 0. The van der Waals surface area contributed by atoms with E-state index in [0.717, 1.165) is 11.3 Å². The summed E-state index contributed by atoms with van der Waals surface area (Å²) in [6.07, 6.45) is 0. The Morgan fingerprint density at radius 1 is 1.07 bits per heavy atom. The Morgan fingerprint density at radius 3 is 2.37 bits per heavy atom. The van der Waals surface area contributed by atoms with Crippen molar-refractivity contribution in [1.82, 2.24) is 14.5 Å². The number of carbonyl (C=O) groups is 1. The molecule has 3 aromatic rings. The van der Waals surface area contributed by atoms with Crippen LogP contribution in [0.3, 0.4) is 0 Å². The SMILES string of the molecule is CNS(=O)(=O)c1ccc(C(=O)Nc2cc(C)nn2Cc2ccccc2)cc1. The van der Waals surface area contributed by atoms with Crippen molar-refractivity contribution in [2.24, 2.45) is 0 Å². The van der Waals surface area contributed by atoms with Crippen molar-refractivity contribution in [2.75, 3.05) is 12.4 Å². The summed E-state index contributed by atoms with van der Waals surface area (Å²) in [5.41, 5.74) is 2.21. The molecule has 0 aliphatic rings. The Bertz CT molecular complexity index is 1040. The molecular weight excluding hydrogens is 364 g/mol. The number of nitrogens with zero attached hydrogens (tertiary/aromatic N) is 2. The van der Waals surface area contributed by atoms with Gasteiger partial charge in [0.25, 0.3) is 5.91 Å². The van der Waals surface area contributed by atoms with E-state index in [1.165, 1.54) is 31.3 Å². The maximum Gasteiger partial charge on any atom is 0.256 e. The molecule has 140 valence electrons. The van der Waals surface area contributed by atoms with Crippen molar-refractivity contribution in [1.29, 1.82) is 0 Å². The largest absolute Gasteiger partial charge is 0.307 e. The van der Waals surface area contributed by atoms with Gasteiger partial charge in [-0.25, -0.2) is 17.8 Å². The summed E-state index contributed by atoms with van der Waals surface area (Å²) in [4.78, 5) is 12.6. The number of nitrogens with one attached hydrogen (secondary N) is 2. The highest BCUT2D eigenvalue weighted by molar-refractivity contribution is 7.89. The zero-order valence-corrected chi connectivity index (χ0v) is 15.8. The molecule has 0 aliphatic carbocycles. The summed E-state index contributed by atoms with van der Waals surface area (Å²) in [5.74, 6) is 0.242. The van der Waals surface area contributed by atoms with Crippen LogP contribution in [0.15, 0.2) is 65.6 Å². The molecule has 7 nitrogen and oxygen atoms in total. The molecule has 2 aromatic carbocycles. The van der Waals surface area contributed by atoms with E-state index < -0.39 is 10.0 Å². The molecule has 0 fully saturated rings. The number of amides is 1.